The molecule has 1 atom stereocenters. The van der Waals surface area contributed by atoms with E-state index in [0.29, 0.717) is 30.9 Å². The van der Waals surface area contributed by atoms with Crippen molar-refractivity contribution in [1.29, 1.82) is 0 Å². The molecule has 2 rings (SSSR count). The summed E-state index contributed by atoms with van der Waals surface area (Å²) in [6, 6.07) is 3.29. The van der Waals surface area contributed by atoms with Gasteiger partial charge in [0.1, 0.15) is 5.82 Å². The molecule has 1 aliphatic heterocycles. The molecular weight excluding hydrogens is 232 g/mol. The Balaban J connectivity index is 2.06. The van der Waals surface area contributed by atoms with Gasteiger partial charge in [0.05, 0.1) is 11.6 Å². The average molecular weight is 248 g/mol. The van der Waals surface area contributed by atoms with Crippen LogP contribution in [-0.4, -0.2) is 35.9 Å². The summed E-state index contributed by atoms with van der Waals surface area (Å²) in [6.45, 7) is 3.12. The van der Waals surface area contributed by atoms with E-state index >= 15 is 0 Å². The molecule has 0 spiro atoms. The molecule has 1 saturated heterocycles. The third-order valence-corrected chi connectivity index (χ3v) is 2.71. The van der Waals surface area contributed by atoms with Gasteiger partial charge < -0.3 is 16.0 Å². The first-order valence-electron chi connectivity index (χ1n) is 5.97. The van der Waals surface area contributed by atoms with E-state index in [-0.39, 0.29) is 17.9 Å². The maximum absolute atomic E-state index is 12.1. The van der Waals surface area contributed by atoms with Crippen molar-refractivity contribution in [3.8, 4) is 0 Å². The topological polar surface area (TPSA) is 83.1 Å². The quantitative estimate of drug-likeness (QED) is 0.707. The van der Waals surface area contributed by atoms with Crippen LogP contribution in [0.15, 0.2) is 18.3 Å². The van der Waals surface area contributed by atoms with Crippen molar-refractivity contribution in [2.45, 2.75) is 19.4 Å². The van der Waals surface area contributed by atoms with Gasteiger partial charge in [-0.25, -0.2) is 4.98 Å². The largest absolute Gasteiger partial charge is 0.370 e. The molecule has 96 valence electrons. The first-order chi connectivity index (χ1) is 8.70. The van der Waals surface area contributed by atoms with Crippen molar-refractivity contribution >= 4 is 17.6 Å². The zero-order valence-electron chi connectivity index (χ0n) is 10.2. The number of amides is 2. The van der Waals surface area contributed by atoms with Crippen LogP contribution in [0.1, 0.15) is 23.7 Å². The van der Waals surface area contributed by atoms with E-state index in [9.17, 15) is 9.59 Å². The summed E-state index contributed by atoms with van der Waals surface area (Å²) >= 11 is 0. The first-order valence-corrected chi connectivity index (χ1v) is 5.97. The number of nitrogens with one attached hydrogen (secondary N) is 3. The van der Waals surface area contributed by atoms with Crippen molar-refractivity contribution < 1.29 is 9.59 Å². The van der Waals surface area contributed by atoms with Crippen LogP contribution in [0.25, 0.3) is 0 Å². The highest BCUT2D eigenvalue weighted by Gasteiger charge is 2.24. The maximum Gasteiger partial charge on any atom is 0.255 e. The minimum Gasteiger partial charge on any atom is -0.370 e. The molecule has 6 nitrogen and oxygen atoms in total. The highest BCUT2D eigenvalue weighted by atomic mass is 16.2. The van der Waals surface area contributed by atoms with Gasteiger partial charge in [-0.3, -0.25) is 9.59 Å². The van der Waals surface area contributed by atoms with Gasteiger partial charge in [0, 0.05) is 25.7 Å². The van der Waals surface area contributed by atoms with E-state index in [2.05, 4.69) is 20.9 Å². The van der Waals surface area contributed by atoms with Crippen LogP contribution in [0.2, 0.25) is 0 Å². The monoisotopic (exact) mass is 248 g/mol. The van der Waals surface area contributed by atoms with E-state index in [1.54, 1.807) is 18.3 Å². The number of aromatic nitrogens is 1. The van der Waals surface area contributed by atoms with Gasteiger partial charge in [0.2, 0.25) is 5.91 Å². The van der Waals surface area contributed by atoms with Crippen LogP contribution in [0.3, 0.4) is 0 Å². The lowest BCUT2D eigenvalue weighted by molar-refractivity contribution is -0.119. The van der Waals surface area contributed by atoms with Crippen molar-refractivity contribution in [3.05, 3.63) is 23.9 Å². The third-order valence-electron chi connectivity index (χ3n) is 2.71. The molecule has 1 aromatic heterocycles. The number of rotatable bonds is 4. The second-order valence-electron chi connectivity index (χ2n) is 4.11. The van der Waals surface area contributed by atoms with Gasteiger partial charge >= 0.3 is 0 Å². The van der Waals surface area contributed by atoms with Crippen molar-refractivity contribution in [2.24, 2.45) is 0 Å². The Bertz CT molecular complexity index is 461. The number of carbonyl (C=O) groups is 2. The Kier molecular flexibility index (Phi) is 3.76. The maximum atomic E-state index is 12.1. The molecule has 0 aliphatic carbocycles. The fourth-order valence-corrected chi connectivity index (χ4v) is 1.87. The van der Waals surface area contributed by atoms with E-state index < -0.39 is 0 Å². The molecule has 0 radical (unpaired) electrons. The molecule has 18 heavy (non-hydrogen) atoms. The Morgan fingerprint density at radius 3 is 3.11 bits per heavy atom. The Morgan fingerprint density at radius 2 is 2.44 bits per heavy atom. The normalized spacial score (nSPS) is 18.3. The highest BCUT2D eigenvalue weighted by molar-refractivity contribution is 5.99. The first kappa shape index (κ1) is 12.3. The van der Waals surface area contributed by atoms with Crippen LogP contribution in [0, 0.1) is 0 Å². The van der Waals surface area contributed by atoms with E-state index in [4.69, 9.17) is 0 Å². The molecular formula is C12H16N4O2. The van der Waals surface area contributed by atoms with Crippen LogP contribution in [0.5, 0.6) is 0 Å². The zero-order valence-corrected chi connectivity index (χ0v) is 10.2. The Morgan fingerprint density at radius 1 is 1.61 bits per heavy atom. The predicted octanol–water partition coefficient (Wildman–Crippen LogP) is 0.132. The van der Waals surface area contributed by atoms with Crippen LogP contribution < -0.4 is 16.0 Å². The summed E-state index contributed by atoms with van der Waals surface area (Å²) in [7, 11) is 0. The van der Waals surface area contributed by atoms with E-state index in [0.717, 1.165) is 0 Å². The average Bonchev–Trinajstić information content (AvgIpc) is 2.76. The molecule has 1 aromatic rings. The lowest BCUT2D eigenvalue weighted by Gasteiger charge is -2.13. The molecule has 6 heteroatoms. The van der Waals surface area contributed by atoms with Crippen LogP contribution in [-0.2, 0) is 4.79 Å². The summed E-state index contributed by atoms with van der Waals surface area (Å²) in [4.78, 5) is 27.3. The SMILES string of the molecule is CCNc1ncccc1C(=O)NC1CNC(=O)C1. The minimum absolute atomic E-state index is 0.0293. The van der Waals surface area contributed by atoms with Gasteiger partial charge in [-0.15, -0.1) is 0 Å². The summed E-state index contributed by atoms with van der Waals surface area (Å²) in [6.07, 6.45) is 1.97. The molecule has 1 fully saturated rings. The molecule has 0 bridgehead atoms. The summed E-state index contributed by atoms with van der Waals surface area (Å²) in [5.41, 5.74) is 0.499. The van der Waals surface area contributed by atoms with Crippen molar-refractivity contribution in [2.75, 3.05) is 18.4 Å². The van der Waals surface area contributed by atoms with Crippen molar-refractivity contribution in [3.63, 3.8) is 0 Å². The second kappa shape index (κ2) is 5.48. The van der Waals surface area contributed by atoms with Crippen molar-refractivity contribution in [1.82, 2.24) is 15.6 Å². The van der Waals surface area contributed by atoms with Gasteiger partial charge in [-0.2, -0.15) is 0 Å². The molecule has 3 N–H and O–H groups in total. The molecule has 1 unspecified atom stereocenters. The molecule has 2 heterocycles. The lowest BCUT2D eigenvalue weighted by atomic mass is 10.2. The Labute approximate surface area is 105 Å². The molecule has 2 amide bonds. The van der Waals surface area contributed by atoms with E-state index in [1.807, 2.05) is 6.92 Å². The van der Waals surface area contributed by atoms with Crippen LogP contribution in [0.4, 0.5) is 5.82 Å². The molecule has 0 aromatic carbocycles. The number of anilines is 1. The fraction of sp³-hybridized carbons (Fsp3) is 0.417. The Hall–Kier alpha value is -2.11. The fourth-order valence-electron chi connectivity index (χ4n) is 1.87. The summed E-state index contributed by atoms with van der Waals surface area (Å²) in [5.74, 6) is 0.328. The number of carbonyl (C=O) groups excluding carboxylic acids is 2. The summed E-state index contributed by atoms with van der Waals surface area (Å²) in [5, 5.41) is 8.54. The predicted molar refractivity (Wildman–Crippen MR) is 67.3 cm³/mol. The van der Waals surface area contributed by atoms with Gasteiger partial charge in [-0.05, 0) is 19.1 Å². The van der Waals surface area contributed by atoms with E-state index in [1.165, 1.54) is 0 Å². The number of hydrogen-bond donors (Lipinski definition) is 3. The van der Waals surface area contributed by atoms with Gasteiger partial charge in [0.25, 0.3) is 5.91 Å². The minimum atomic E-state index is -0.208. The lowest BCUT2D eigenvalue weighted by Crippen LogP contribution is -2.36. The third kappa shape index (κ3) is 2.77. The molecule has 1 aliphatic rings. The standard InChI is InChI=1S/C12H16N4O2/c1-2-13-11-9(4-3-5-14-11)12(18)16-8-6-10(17)15-7-8/h3-5,8H,2,6-7H2,1H3,(H,13,14)(H,15,17)(H,16,18). The highest BCUT2D eigenvalue weighted by Crippen LogP contribution is 2.12. The second-order valence-corrected chi connectivity index (χ2v) is 4.11. The number of pyridine rings is 1. The number of nitrogens with zero attached hydrogens (tertiary/aromatic N) is 1. The van der Waals surface area contributed by atoms with Crippen LogP contribution >= 0.6 is 0 Å². The smallest absolute Gasteiger partial charge is 0.255 e. The number of hydrogen-bond acceptors (Lipinski definition) is 4. The molecule has 0 saturated carbocycles. The van der Waals surface area contributed by atoms with Gasteiger partial charge in [0.15, 0.2) is 0 Å². The zero-order chi connectivity index (χ0) is 13.0. The van der Waals surface area contributed by atoms with Gasteiger partial charge in [-0.1, -0.05) is 0 Å². The summed E-state index contributed by atoms with van der Waals surface area (Å²) < 4.78 is 0.